The second-order valence-corrected chi connectivity index (χ2v) is 4.16. The summed E-state index contributed by atoms with van der Waals surface area (Å²) in [6.45, 7) is 2.45. The largest absolute Gasteiger partial charge is 0.490 e. The van der Waals surface area contributed by atoms with Crippen LogP contribution in [-0.4, -0.2) is 38.3 Å². The molecular weight excluding hydrogens is 248 g/mol. The molecule has 6 nitrogen and oxygen atoms in total. The van der Waals surface area contributed by atoms with Crippen molar-refractivity contribution in [1.82, 2.24) is 5.32 Å². The van der Waals surface area contributed by atoms with Crippen molar-refractivity contribution in [2.45, 2.75) is 13.0 Å². The highest BCUT2D eigenvalue weighted by molar-refractivity contribution is 5.96. The summed E-state index contributed by atoms with van der Waals surface area (Å²) in [6.07, 6.45) is 0. The predicted molar refractivity (Wildman–Crippen MR) is 69.3 cm³/mol. The quantitative estimate of drug-likeness (QED) is 0.814. The van der Waals surface area contributed by atoms with Crippen LogP contribution in [0.25, 0.3) is 0 Å². The van der Waals surface area contributed by atoms with Crippen molar-refractivity contribution in [2.24, 2.45) is 0 Å². The normalized spacial score (nSPS) is 14.9. The lowest BCUT2D eigenvalue weighted by atomic mass is 10.2. The molecule has 1 N–H and O–H groups in total. The summed E-state index contributed by atoms with van der Waals surface area (Å²) in [6, 6.07) is 6.26. The number of hydrogen-bond donors (Lipinski definition) is 1. The summed E-state index contributed by atoms with van der Waals surface area (Å²) in [5.41, 5.74) is 0.698. The zero-order valence-electron chi connectivity index (χ0n) is 10.9. The highest BCUT2D eigenvalue weighted by Crippen LogP contribution is 2.30. The number of ether oxygens (including phenoxy) is 2. The van der Waals surface area contributed by atoms with Gasteiger partial charge in [-0.05, 0) is 19.1 Å². The van der Waals surface area contributed by atoms with Gasteiger partial charge in [0.25, 0.3) is 0 Å². The highest BCUT2D eigenvalue weighted by atomic mass is 16.5. The average Bonchev–Trinajstić information content (AvgIpc) is 2.45. The first-order chi connectivity index (χ1) is 9.13. The number of methoxy groups -OCH3 is 1. The number of fused-ring (bicyclic) bond motifs is 1. The Hall–Kier alpha value is -2.24. The molecule has 0 aliphatic carbocycles. The van der Waals surface area contributed by atoms with Crippen LogP contribution in [0.1, 0.15) is 6.92 Å². The Balaban J connectivity index is 2.11. The van der Waals surface area contributed by atoms with Crippen LogP contribution in [-0.2, 0) is 9.53 Å². The van der Waals surface area contributed by atoms with Gasteiger partial charge in [-0.15, -0.1) is 0 Å². The molecule has 19 heavy (non-hydrogen) atoms. The van der Waals surface area contributed by atoms with E-state index in [4.69, 9.17) is 4.74 Å². The van der Waals surface area contributed by atoms with Crippen LogP contribution in [0.5, 0.6) is 5.75 Å². The maximum atomic E-state index is 12.1. The van der Waals surface area contributed by atoms with Gasteiger partial charge in [0.1, 0.15) is 18.4 Å². The molecule has 0 aromatic heterocycles. The van der Waals surface area contributed by atoms with Crippen LogP contribution in [0.4, 0.5) is 10.5 Å². The Labute approximate surface area is 111 Å². The number of para-hydroxylation sites is 2. The zero-order chi connectivity index (χ0) is 13.8. The van der Waals surface area contributed by atoms with E-state index < -0.39 is 12.0 Å². The van der Waals surface area contributed by atoms with Gasteiger partial charge >= 0.3 is 12.0 Å². The van der Waals surface area contributed by atoms with E-state index in [0.717, 1.165) is 0 Å². The SMILES string of the molecule is COC(=O)[C@H](C)NC(=O)N1CCOc2ccccc21. The first-order valence-electron chi connectivity index (χ1n) is 6.01. The van der Waals surface area contributed by atoms with Gasteiger partial charge < -0.3 is 14.8 Å². The minimum Gasteiger partial charge on any atom is -0.490 e. The van der Waals surface area contributed by atoms with Gasteiger partial charge in [-0.2, -0.15) is 0 Å². The number of benzene rings is 1. The number of nitrogens with zero attached hydrogens (tertiary/aromatic N) is 1. The molecule has 0 spiro atoms. The number of nitrogens with one attached hydrogen (secondary N) is 1. The van der Waals surface area contributed by atoms with Crippen LogP contribution in [0.15, 0.2) is 24.3 Å². The molecule has 102 valence electrons. The van der Waals surface area contributed by atoms with Crippen molar-refractivity contribution >= 4 is 17.7 Å². The Morgan fingerprint density at radius 2 is 2.16 bits per heavy atom. The predicted octanol–water partition coefficient (Wildman–Crippen LogP) is 1.16. The number of rotatable bonds is 2. The van der Waals surface area contributed by atoms with Crippen molar-refractivity contribution in [3.05, 3.63) is 24.3 Å². The van der Waals surface area contributed by atoms with Crippen LogP contribution >= 0.6 is 0 Å². The van der Waals surface area contributed by atoms with Gasteiger partial charge in [0, 0.05) is 0 Å². The number of esters is 1. The Morgan fingerprint density at radius 1 is 1.42 bits per heavy atom. The lowest BCUT2D eigenvalue weighted by Crippen LogP contribution is -2.49. The fraction of sp³-hybridized carbons (Fsp3) is 0.385. The van der Waals surface area contributed by atoms with Gasteiger partial charge in [-0.25, -0.2) is 9.59 Å². The third-order valence-corrected chi connectivity index (χ3v) is 2.87. The van der Waals surface area contributed by atoms with Gasteiger partial charge in [0.15, 0.2) is 0 Å². The van der Waals surface area contributed by atoms with Crippen molar-refractivity contribution in [1.29, 1.82) is 0 Å². The molecular formula is C13H16N2O4. The molecule has 1 aromatic rings. The third-order valence-electron chi connectivity index (χ3n) is 2.87. The number of anilines is 1. The first kappa shape index (κ1) is 13.2. The van der Waals surface area contributed by atoms with Crippen molar-refractivity contribution in [3.8, 4) is 5.75 Å². The van der Waals surface area contributed by atoms with Crippen LogP contribution in [0.3, 0.4) is 0 Å². The van der Waals surface area contributed by atoms with E-state index in [1.165, 1.54) is 7.11 Å². The maximum absolute atomic E-state index is 12.1. The lowest BCUT2D eigenvalue weighted by molar-refractivity contribution is -0.142. The van der Waals surface area contributed by atoms with Gasteiger partial charge in [-0.1, -0.05) is 12.1 Å². The first-order valence-corrected chi connectivity index (χ1v) is 6.01. The monoisotopic (exact) mass is 264 g/mol. The number of hydrogen-bond acceptors (Lipinski definition) is 4. The maximum Gasteiger partial charge on any atom is 0.328 e. The molecule has 0 fully saturated rings. The highest BCUT2D eigenvalue weighted by Gasteiger charge is 2.25. The molecule has 0 bridgehead atoms. The summed E-state index contributed by atoms with van der Waals surface area (Å²) in [5.74, 6) is 0.185. The zero-order valence-corrected chi connectivity index (χ0v) is 10.9. The van der Waals surface area contributed by atoms with E-state index in [0.29, 0.717) is 24.6 Å². The number of urea groups is 1. The summed E-state index contributed by atoms with van der Waals surface area (Å²) in [7, 11) is 1.29. The van der Waals surface area contributed by atoms with Crippen molar-refractivity contribution in [3.63, 3.8) is 0 Å². The van der Waals surface area contributed by atoms with E-state index in [1.54, 1.807) is 24.0 Å². The Kier molecular flexibility index (Phi) is 3.89. The number of amides is 2. The Morgan fingerprint density at radius 3 is 2.89 bits per heavy atom. The van der Waals surface area contributed by atoms with E-state index >= 15 is 0 Å². The van der Waals surface area contributed by atoms with Gasteiger partial charge in [-0.3, -0.25) is 4.90 Å². The molecule has 0 saturated heterocycles. The van der Waals surface area contributed by atoms with E-state index in [-0.39, 0.29) is 6.03 Å². The number of carbonyl (C=O) groups excluding carboxylic acids is 2. The van der Waals surface area contributed by atoms with Gasteiger partial charge in [0.05, 0.1) is 19.3 Å². The molecule has 1 aliphatic rings. The van der Waals surface area contributed by atoms with Gasteiger partial charge in [0.2, 0.25) is 0 Å². The average molecular weight is 264 g/mol. The smallest absolute Gasteiger partial charge is 0.328 e. The van der Waals surface area contributed by atoms with E-state index in [2.05, 4.69) is 10.1 Å². The molecule has 2 rings (SSSR count). The van der Waals surface area contributed by atoms with Crippen molar-refractivity contribution in [2.75, 3.05) is 25.2 Å². The minimum atomic E-state index is -0.687. The summed E-state index contributed by atoms with van der Waals surface area (Å²) in [5, 5.41) is 2.60. The standard InChI is InChI=1S/C13H16N2O4/c1-9(12(16)18-2)14-13(17)15-7-8-19-11-6-4-3-5-10(11)15/h3-6,9H,7-8H2,1-2H3,(H,14,17)/t9-/m0/s1. The molecule has 0 saturated carbocycles. The Bertz CT molecular complexity index is 489. The lowest BCUT2D eigenvalue weighted by Gasteiger charge is -2.30. The second-order valence-electron chi connectivity index (χ2n) is 4.16. The van der Waals surface area contributed by atoms with Crippen LogP contribution in [0.2, 0.25) is 0 Å². The molecule has 1 atom stereocenters. The molecule has 0 unspecified atom stereocenters. The van der Waals surface area contributed by atoms with E-state index in [9.17, 15) is 9.59 Å². The molecule has 1 aromatic carbocycles. The van der Waals surface area contributed by atoms with E-state index in [1.807, 2.05) is 12.1 Å². The van der Waals surface area contributed by atoms with Crippen molar-refractivity contribution < 1.29 is 19.1 Å². The number of carbonyl (C=O) groups is 2. The molecule has 1 aliphatic heterocycles. The summed E-state index contributed by atoms with van der Waals surface area (Å²) in [4.78, 5) is 25.0. The molecule has 1 heterocycles. The topological polar surface area (TPSA) is 67.9 Å². The molecule has 6 heteroatoms. The minimum absolute atomic E-state index is 0.339. The summed E-state index contributed by atoms with van der Waals surface area (Å²) < 4.78 is 10.0. The molecule has 0 radical (unpaired) electrons. The second kappa shape index (κ2) is 5.60. The van der Waals surface area contributed by atoms with Crippen LogP contribution in [0, 0.1) is 0 Å². The molecule has 2 amide bonds. The third kappa shape index (κ3) is 2.78. The summed E-state index contributed by atoms with van der Waals surface area (Å²) >= 11 is 0. The van der Waals surface area contributed by atoms with Crippen LogP contribution < -0.4 is 15.0 Å². The fourth-order valence-electron chi connectivity index (χ4n) is 1.88. The fourth-order valence-corrected chi connectivity index (χ4v) is 1.88.